The van der Waals surface area contributed by atoms with Crippen molar-refractivity contribution in [3.63, 3.8) is 0 Å². The lowest BCUT2D eigenvalue weighted by atomic mass is 10.0. The van der Waals surface area contributed by atoms with Crippen LogP contribution in [0.3, 0.4) is 0 Å². The van der Waals surface area contributed by atoms with E-state index in [4.69, 9.17) is 0 Å². The summed E-state index contributed by atoms with van der Waals surface area (Å²) in [7, 11) is 0. The van der Waals surface area contributed by atoms with Crippen LogP contribution in [0.4, 0.5) is 5.69 Å². The number of carbonyl (C=O) groups is 1. The summed E-state index contributed by atoms with van der Waals surface area (Å²) in [5, 5.41) is 10.4. The van der Waals surface area contributed by atoms with Gasteiger partial charge in [0.25, 0.3) is 0 Å². The Morgan fingerprint density at radius 3 is 2.76 bits per heavy atom. The fraction of sp³-hybridized carbons (Fsp3) is 0.304. The SMILES string of the molecule is N#Cc1cnccc1N1CCN(C(=O)CCCc2cccc3ncccc23)CC1. The summed E-state index contributed by atoms with van der Waals surface area (Å²) in [6.45, 7) is 2.84. The zero-order valence-electron chi connectivity index (χ0n) is 16.3. The number of nitriles is 1. The van der Waals surface area contributed by atoms with Gasteiger partial charge < -0.3 is 9.80 Å². The highest BCUT2D eigenvalue weighted by Crippen LogP contribution is 2.21. The van der Waals surface area contributed by atoms with Crippen molar-refractivity contribution in [1.82, 2.24) is 14.9 Å². The molecule has 0 aliphatic carbocycles. The van der Waals surface area contributed by atoms with Gasteiger partial charge in [-0.15, -0.1) is 0 Å². The maximum Gasteiger partial charge on any atom is 0.222 e. The average Bonchev–Trinajstić information content (AvgIpc) is 2.79. The molecule has 1 aliphatic heterocycles. The van der Waals surface area contributed by atoms with Crippen LogP contribution in [0.2, 0.25) is 0 Å². The molecule has 1 amide bonds. The molecule has 3 heterocycles. The van der Waals surface area contributed by atoms with Gasteiger partial charge in [0, 0.05) is 56.6 Å². The van der Waals surface area contributed by atoms with Gasteiger partial charge in [-0.1, -0.05) is 18.2 Å². The molecule has 3 aromatic rings. The monoisotopic (exact) mass is 385 g/mol. The van der Waals surface area contributed by atoms with E-state index in [9.17, 15) is 10.1 Å². The highest BCUT2D eigenvalue weighted by Gasteiger charge is 2.22. The first kappa shape index (κ1) is 18.9. The Bertz CT molecular complexity index is 1050. The minimum absolute atomic E-state index is 0.207. The van der Waals surface area contributed by atoms with Crippen LogP contribution in [-0.2, 0) is 11.2 Å². The summed E-state index contributed by atoms with van der Waals surface area (Å²) in [6, 6.07) is 14.3. The van der Waals surface area contributed by atoms with Gasteiger partial charge in [-0.2, -0.15) is 5.26 Å². The Balaban J connectivity index is 1.30. The van der Waals surface area contributed by atoms with Crippen molar-refractivity contribution in [2.24, 2.45) is 0 Å². The lowest BCUT2D eigenvalue weighted by Gasteiger charge is -2.36. The van der Waals surface area contributed by atoms with Crippen LogP contribution >= 0.6 is 0 Å². The summed E-state index contributed by atoms with van der Waals surface area (Å²) in [5.41, 5.74) is 3.73. The van der Waals surface area contributed by atoms with E-state index in [1.54, 1.807) is 18.6 Å². The van der Waals surface area contributed by atoms with Crippen molar-refractivity contribution >= 4 is 22.5 Å². The number of aryl methyl sites for hydroxylation is 1. The average molecular weight is 385 g/mol. The van der Waals surface area contributed by atoms with Gasteiger partial charge in [-0.25, -0.2) is 0 Å². The second kappa shape index (κ2) is 8.70. The number of benzene rings is 1. The number of fused-ring (bicyclic) bond motifs is 1. The van der Waals surface area contributed by atoms with Crippen LogP contribution in [0.5, 0.6) is 0 Å². The van der Waals surface area contributed by atoms with E-state index in [-0.39, 0.29) is 5.91 Å². The summed E-state index contributed by atoms with van der Waals surface area (Å²) >= 11 is 0. The normalized spacial score (nSPS) is 14.0. The van der Waals surface area contributed by atoms with E-state index in [0.717, 1.165) is 37.1 Å². The smallest absolute Gasteiger partial charge is 0.222 e. The number of hydrogen-bond acceptors (Lipinski definition) is 5. The molecule has 0 spiro atoms. The predicted molar refractivity (Wildman–Crippen MR) is 112 cm³/mol. The Hall–Kier alpha value is -3.46. The number of hydrogen-bond donors (Lipinski definition) is 0. The molecule has 1 saturated heterocycles. The molecular weight excluding hydrogens is 362 g/mol. The number of carbonyl (C=O) groups excluding carboxylic acids is 1. The molecule has 1 aliphatic rings. The van der Waals surface area contributed by atoms with Crippen LogP contribution in [0.1, 0.15) is 24.0 Å². The second-order valence-electron chi connectivity index (χ2n) is 7.21. The van der Waals surface area contributed by atoms with Gasteiger partial charge in [-0.3, -0.25) is 14.8 Å². The number of amides is 1. The molecular formula is C23H23N5O. The van der Waals surface area contributed by atoms with Crippen LogP contribution < -0.4 is 4.90 Å². The van der Waals surface area contributed by atoms with Crippen LogP contribution in [0, 0.1) is 11.3 Å². The zero-order valence-corrected chi connectivity index (χ0v) is 16.3. The van der Waals surface area contributed by atoms with Gasteiger partial charge in [-0.05, 0) is 36.6 Å². The van der Waals surface area contributed by atoms with Crippen LogP contribution in [0.25, 0.3) is 10.9 Å². The van der Waals surface area contributed by atoms with Gasteiger partial charge in [0.15, 0.2) is 0 Å². The lowest BCUT2D eigenvalue weighted by molar-refractivity contribution is -0.131. The van der Waals surface area contributed by atoms with E-state index in [1.807, 2.05) is 29.2 Å². The summed E-state index contributed by atoms with van der Waals surface area (Å²) in [4.78, 5) is 25.2. The first-order valence-corrected chi connectivity index (χ1v) is 9.96. The number of piperazine rings is 1. The van der Waals surface area contributed by atoms with Crippen molar-refractivity contribution < 1.29 is 4.79 Å². The predicted octanol–water partition coefficient (Wildman–Crippen LogP) is 3.17. The van der Waals surface area contributed by atoms with Crippen molar-refractivity contribution in [2.45, 2.75) is 19.3 Å². The summed E-state index contributed by atoms with van der Waals surface area (Å²) in [5.74, 6) is 0.207. The maximum absolute atomic E-state index is 12.7. The molecule has 4 rings (SSSR count). The third-order valence-electron chi connectivity index (χ3n) is 5.46. The molecule has 0 atom stereocenters. The molecule has 0 N–H and O–H groups in total. The fourth-order valence-corrected chi connectivity index (χ4v) is 3.92. The van der Waals surface area contributed by atoms with Crippen molar-refractivity contribution in [3.8, 4) is 6.07 Å². The lowest BCUT2D eigenvalue weighted by Crippen LogP contribution is -2.49. The Morgan fingerprint density at radius 1 is 1.07 bits per heavy atom. The summed E-state index contributed by atoms with van der Waals surface area (Å²) < 4.78 is 0. The van der Waals surface area contributed by atoms with E-state index in [0.29, 0.717) is 25.1 Å². The number of anilines is 1. The largest absolute Gasteiger partial charge is 0.367 e. The van der Waals surface area contributed by atoms with E-state index in [2.05, 4.69) is 33.1 Å². The third kappa shape index (κ3) is 4.19. The third-order valence-corrected chi connectivity index (χ3v) is 5.46. The molecule has 0 saturated carbocycles. The minimum atomic E-state index is 0.207. The van der Waals surface area contributed by atoms with E-state index in [1.165, 1.54) is 10.9 Å². The first-order valence-electron chi connectivity index (χ1n) is 9.96. The van der Waals surface area contributed by atoms with Crippen LogP contribution in [-0.4, -0.2) is 47.0 Å². The van der Waals surface area contributed by atoms with Crippen molar-refractivity contribution in [2.75, 3.05) is 31.1 Å². The Labute approximate surface area is 170 Å². The molecule has 0 unspecified atom stereocenters. The van der Waals surface area contributed by atoms with Gasteiger partial charge in [0.1, 0.15) is 6.07 Å². The van der Waals surface area contributed by atoms with E-state index >= 15 is 0 Å². The molecule has 6 heteroatoms. The minimum Gasteiger partial charge on any atom is -0.367 e. The quantitative estimate of drug-likeness (QED) is 0.674. The molecule has 29 heavy (non-hydrogen) atoms. The maximum atomic E-state index is 12.7. The van der Waals surface area contributed by atoms with Crippen molar-refractivity contribution in [3.05, 3.63) is 66.1 Å². The number of rotatable bonds is 5. The number of pyridine rings is 2. The molecule has 0 radical (unpaired) electrons. The second-order valence-corrected chi connectivity index (χ2v) is 7.21. The zero-order chi connectivity index (χ0) is 20.1. The first-order chi connectivity index (χ1) is 14.3. The van der Waals surface area contributed by atoms with Crippen LogP contribution in [0.15, 0.2) is 55.0 Å². The van der Waals surface area contributed by atoms with Crippen molar-refractivity contribution in [1.29, 1.82) is 5.26 Å². The Morgan fingerprint density at radius 2 is 1.93 bits per heavy atom. The Kier molecular flexibility index (Phi) is 5.66. The molecule has 1 aromatic carbocycles. The van der Waals surface area contributed by atoms with Gasteiger partial charge in [0.05, 0.1) is 16.8 Å². The highest BCUT2D eigenvalue weighted by atomic mass is 16.2. The molecule has 1 fully saturated rings. The fourth-order valence-electron chi connectivity index (χ4n) is 3.92. The summed E-state index contributed by atoms with van der Waals surface area (Å²) in [6.07, 6.45) is 7.36. The number of nitrogens with zero attached hydrogens (tertiary/aromatic N) is 5. The topological polar surface area (TPSA) is 73.1 Å². The molecule has 146 valence electrons. The van der Waals surface area contributed by atoms with Gasteiger partial charge in [0.2, 0.25) is 5.91 Å². The van der Waals surface area contributed by atoms with E-state index < -0.39 is 0 Å². The molecule has 6 nitrogen and oxygen atoms in total. The molecule has 2 aromatic heterocycles. The van der Waals surface area contributed by atoms with Gasteiger partial charge >= 0.3 is 0 Å². The number of aromatic nitrogens is 2. The highest BCUT2D eigenvalue weighted by molar-refractivity contribution is 5.82. The standard InChI is InChI=1S/C23H23N5O/c24-16-19-17-25-11-9-22(19)27-12-14-28(15-13-27)23(29)8-2-5-18-4-1-7-21-20(18)6-3-10-26-21/h1,3-4,6-7,9-11,17H,2,5,8,12-15H2. The molecule has 0 bridgehead atoms.